The molecule has 3 N–H and O–H groups in total. The highest BCUT2D eigenvalue weighted by Crippen LogP contribution is 2.37. The Balaban J connectivity index is 1.88. The number of carbonyl (C=O) groups is 1. The van der Waals surface area contributed by atoms with Crippen molar-refractivity contribution in [2.75, 3.05) is 0 Å². The summed E-state index contributed by atoms with van der Waals surface area (Å²) in [5.41, 5.74) is 11.2. The Morgan fingerprint density at radius 3 is 2.62 bits per heavy atom. The molecule has 118 valence electrons. The van der Waals surface area contributed by atoms with E-state index < -0.39 is 5.91 Å². The first-order valence-electron chi connectivity index (χ1n) is 7.53. The molecule has 4 nitrogen and oxygen atoms in total. The fourth-order valence-corrected chi connectivity index (χ4v) is 3.44. The number of aromatic nitrogens is 1. The first-order valence-corrected chi connectivity index (χ1v) is 7.90. The van der Waals surface area contributed by atoms with Crippen LogP contribution in [0.2, 0.25) is 5.02 Å². The van der Waals surface area contributed by atoms with Crippen LogP contribution < -0.4 is 11.2 Å². The summed E-state index contributed by atoms with van der Waals surface area (Å²) in [7, 11) is 0. The molecule has 0 fully saturated rings. The first kappa shape index (κ1) is 14.7. The molecule has 4 rings (SSSR count). The molecular formula is C19H14ClN3O. The number of nitrogens with two attached hydrogens (primary N) is 1. The minimum absolute atomic E-state index is 0.0300. The van der Waals surface area contributed by atoms with Crippen LogP contribution in [0.5, 0.6) is 0 Å². The summed E-state index contributed by atoms with van der Waals surface area (Å²) in [6.07, 6.45) is 2.48. The number of fused-ring (bicyclic) bond motifs is 3. The lowest BCUT2D eigenvalue weighted by atomic mass is 10.1. The van der Waals surface area contributed by atoms with Crippen molar-refractivity contribution >= 4 is 17.5 Å². The van der Waals surface area contributed by atoms with E-state index >= 15 is 0 Å². The summed E-state index contributed by atoms with van der Waals surface area (Å²) in [4.78, 5) is 11.5. The van der Waals surface area contributed by atoms with Crippen molar-refractivity contribution in [2.45, 2.75) is 6.42 Å². The summed E-state index contributed by atoms with van der Waals surface area (Å²) in [5, 5.41) is 8.60. The molecule has 1 aliphatic carbocycles. The van der Waals surface area contributed by atoms with Crippen LogP contribution in [0.4, 0.5) is 0 Å². The molecule has 1 aromatic heterocycles. The van der Waals surface area contributed by atoms with Crippen molar-refractivity contribution in [3.05, 3.63) is 81.9 Å². The average molecular weight is 336 g/mol. The third-order valence-corrected chi connectivity index (χ3v) is 4.56. The number of amides is 1. The van der Waals surface area contributed by atoms with E-state index in [2.05, 4.69) is 12.1 Å². The van der Waals surface area contributed by atoms with Gasteiger partial charge in [-0.15, -0.1) is 0 Å². The van der Waals surface area contributed by atoms with E-state index in [0.29, 0.717) is 5.02 Å². The fraction of sp³-hybridized carbons (Fsp3) is 0.0526. The van der Waals surface area contributed by atoms with Crippen molar-refractivity contribution < 1.29 is 4.79 Å². The summed E-state index contributed by atoms with van der Waals surface area (Å²) >= 11 is 6.09. The zero-order valence-electron chi connectivity index (χ0n) is 12.7. The van der Waals surface area contributed by atoms with Crippen molar-refractivity contribution in [1.29, 1.82) is 5.41 Å². The molecule has 1 heterocycles. The van der Waals surface area contributed by atoms with E-state index in [1.807, 2.05) is 30.3 Å². The maximum Gasteiger partial charge on any atom is 0.252 e. The lowest BCUT2D eigenvalue weighted by Crippen LogP contribution is -2.28. The van der Waals surface area contributed by atoms with Gasteiger partial charge in [-0.1, -0.05) is 41.9 Å². The molecule has 5 heteroatoms. The van der Waals surface area contributed by atoms with Gasteiger partial charge in [0.15, 0.2) is 0 Å². The van der Waals surface area contributed by atoms with Gasteiger partial charge in [0.2, 0.25) is 0 Å². The van der Waals surface area contributed by atoms with E-state index in [1.54, 1.807) is 10.8 Å². The van der Waals surface area contributed by atoms with Gasteiger partial charge in [-0.2, -0.15) is 0 Å². The van der Waals surface area contributed by atoms with Gasteiger partial charge >= 0.3 is 0 Å². The van der Waals surface area contributed by atoms with Gasteiger partial charge in [0.25, 0.3) is 5.91 Å². The van der Waals surface area contributed by atoms with Crippen molar-refractivity contribution in [2.24, 2.45) is 5.73 Å². The van der Waals surface area contributed by atoms with E-state index in [-0.39, 0.29) is 11.1 Å². The third-order valence-electron chi connectivity index (χ3n) is 4.35. The average Bonchev–Trinajstić information content (AvgIpc) is 2.94. The number of carbonyl (C=O) groups excluding carboxylic acids is 1. The van der Waals surface area contributed by atoms with Crippen LogP contribution >= 0.6 is 11.6 Å². The van der Waals surface area contributed by atoms with Crippen molar-refractivity contribution in [3.8, 4) is 16.8 Å². The zero-order valence-corrected chi connectivity index (χ0v) is 13.5. The zero-order chi connectivity index (χ0) is 16.8. The van der Waals surface area contributed by atoms with Crippen LogP contribution in [0.25, 0.3) is 16.8 Å². The van der Waals surface area contributed by atoms with Gasteiger partial charge < -0.3 is 10.3 Å². The van der Waals surface area contributed by atoms with Crippen molar-refractivity contribution in [1.82, 2.24) is 4.57 Å². The summed E-state index contributed by atoms with van der Waals surface area (Å²) < 4.78 is 1.59. The van der Waals surface area contributed by atoms with Gasteiger partial charge in [-0.05, 0) is 46.9 Å². The number of nitrogens with one attached hydrogen (secondary N) is 1. The van der Waals surface area contributed by atoms with Crippen molar-refractivity contribution in [3.63, 3.8) is 0 Å². The van der Waals surface area contributed by atoms with Crippen LogP contribution in [-0.2, 0) is 6.42 Å². The minimum atomic E-state index is -0.662. The van der Waals surface area contributed by atoms with Gasteiger partial charge in [-0.3, -0.25) is 10.2 Å². The first-order chi connectivity index (χ1) is 11.5. The molecule has 24 heavy (non-hydrogen) atoms. The highest BCUT2D eigenvalue weighted by Gasteiger charge is 2.18. The summed E-state index contributed by atoms with van der Waals surface area (Å²) in [6, 6.07) is 15.8. The molecular weight excluding hydrogens is 322 g/mol. The monoisotopic (exact) mass is 335 g/mol. The Kier molecular flexibility index (Phi) is 3.28. The molecule has 0 saturated heterocycles. The van der Waals surface area contributed by atoms with E-state index in [1.165, 1.54) is 28.3 Å². The second-order valence-corrected chi connectivity index (χ2v) is 6.27. The third kappa shape index (κ3) is 2.23. The number of pyridine rings is 1. The van der Waals surface area contributed by atoms with Gasteiger partial charge in [0.1, 0.15) is 5.49 Å². The van der Waals surface area contributed by atoms with E-state index in [9.17, 15) is 4.79 Å². The van der Waals surface area contributed by atoms with Gasteiger partial charge in [0, 0.05) is 11.9 Å². The SMILES string of the molecule is N=c1c(C(N)=O)cc(Cl)cn1-c1ccc2c(c1)Cc1ccccc1-2. The number of hydrogen-bond acceptors (Lipinski definition) is 2. The fourth-order valence-electron chi connectivity index (χ4n) is 3.23. The lowest BCUT2D eigenvalue weighted by Gasteiger charge is -2.12. The van der Waals surface area contributed by atoms with Gasteiger partial charge in [0.05, 0.1) is 10.6 Å². The molecule has 0 spiro atoms. The molecule has 2 aromatic carbocycles. The number of nitrogens with zero attached hydrogens (tertiary/aromatic N) is 1. The second kappa shape index (κ2) is 5.35. The van der Waals surface area contributed by atoms with Crippen LogP contribution in [0, 0.1) is 5.41 Å². The Morgan fingerprint density at radius 1 is 1.08 bits per heavy atom. The van der Waals surface area contributed by atoms with Gasteiger partial charge in [-0.25, -0.2) is 0 Å². The quantitative estimate of drug-likeness (QED) is 0.579. The Morgan fingerprint density at radius 2 is 1.83 bits per heavy atom. The number of primary amides is 1. The predicted molar refractivity (Wildman–Crippen MR) is 93.4 cm³/mol. The van der Waals surface area contributed by atoms with Crippen LogP contribution in [0.1, 0.15) is 21.5 Å². The number of rotatable bonds is 2. The van der Waals surface area contributed by atoms with Crippen LogP contribution in [0.3, 0.4) is 0 Å². The molecule has 0 aliphatic heterocycles. The second-order valence-electron chi connectivity index (χ2n) is 5.83. The summed E-state index contributed by atoms with van der Waals surface area (Å²) in [6.45, 7) is 0. The molecule has 1 aliphatic rings. The molecule has 0 bridgehead atoms. The topological polar surface area (TPSA) is 71.9 Å². The Labute approximate surface area is 143 Å². The number of benzene rings is 2. The maximum atomic E-state index is 11.5. The molecule has 0 atom stereocenters. The lowest BCUT2D eigenvalue weighted by molar-refractivity contribution is 0.0998. The standard InChI is InChI=1S/C19H14ClN3O/c20-13-9-17(19(22)24)18(21)23(10-13)14-5-6-16-12(8-14)7-11-3-1-2-4-15(11)16/h1-6,8-10,21H,7H2,(H2,22,24). The van der Waals surface area contributed by atoms with E-state index in [4.69, 9.17) is 22.7 Å². The molecule has 0 saturated carbocycles. The number of halogens is 1. The minimum Gasteiger partial charge on any atom is -0.365 e. The predicted octanol–water partition coefficient (Wildman–Crippen LogP) is 3.28. The highest BCUT2D eigenvalue weighted by atomic mass is 35.5. The smallest absolute Gasteiger partial charge is 0.252 e. The molecule has 3 aromatic rings. The Bertz CT molecular complexity index is 1050. The summed E-state index contributed by atoms with van der Waals surface area (Å²) in [5.74, 6) is -0.662. The molecule has 0 unspecified atom stereocenters. The highest BCUT2D eigenvalue weighted by molar-refractivity contribution is 6.30. The molecule has 0 radical (unpaired) electrons. The normalized spacial score (nSPS) is 11.9. The largest absolute Gasteiger partial charge is 0.365 e. The van der Waals surface area contributed by atoms with Crippen LogP contribution in [-0.4, -0.2) is 10.5 Å². The molecule has 1 amide bonds. The van der Waals surface area contributed by atoms with E-state index in [0.717, 1.165) is 12.1 Å². The van der Waals surface area contributed by atoms with Crippen LogP contribution in [0.15, 0.2) is 54.7 Å². The Hall–Kier alpha value is -2.85. The number of hydrogen-bond donors (Lipinski definition) is 2. The maximum absolute atomic E-state index is 11.5.